The van der Waals surface area contributed by atoms with E-state index < -0.39 is 0 Å². The van der Waals surface area contributed by atoms with Crippen LogP contribution in [-0.2, 0) is 12.3 Å². The van der Waals surface area contributed by atoms with Gasteiger partial charge in [0.1, 0.15) is 16.2 Å². The quantitative estimate of drug-likeness (QED) is 0.223. The Kier molecular flexibility index (Phi) is 6.93. The monoisotopic (exact) mass is 533 g/mol. The topological polar surface area (TPSA) is 64.7 Å². The molecule has 6 rings (SSSR count). The molecule has 0 unspecified atom stereocenters. The predicted molar refractivity (Wildman–Crippen MR) is 154 cm³/mol. The average Bonchev–Trinajstić information content (AvgIpc) is 3.36. The van der Waals surface area contributed by atoms with Gasteiger partial charge in [-0.25, -0.2) is 13.6 Å². The summed E-state index contributed by atoms with van der Waals surface area (Å²) in [4.78, 5) is 19.2. The zero-order chi connectivity index (χ0) is 26.6. The van der Waals surface area contributed by atoms with Crippen molar-refractivity contribution in [1.29, 1.82) is 0 Å². The van der Waals surface area contributed by atoms with Crippen LogP contribution in [0, 0.1) is 5.82 Å². The molecule has 0 aliphatic carbocycles. The summed E-state index contributed by atoms with van der Waals surface area (Å²) in [6.07, 6.45) is 0. The number of anilines is 1. The van der Waals surface area contributed by atoms with Gasteiger partial charge >= 0.3 is 0 Å². The van der Waals surface area contributed by atoms with Gasteiger partial charge in [0.25, 0.3) is 5.56 Å². The predicted octanol–water partition coefficient (Wildman–Crippen LogP) is 6.61. The van der Waals surface area contributed by atoms with E-state index in [1.165, 1.54) is 22.4 Å². The zero-order valence-electron chi connectivity index (χ0n) is 20.9. The van der Waals surface area contributed by atoms with Gasteiger partial charge in [0.15, 0.2) is 5.65 Å². The van der Waals surface area contributed by atoms with Gasteiger partial charge in [-0.2, -0.15) is 10.1 Å². The molecule has 0 saturated carbocycles. The van der Waals surface area contributed by atoms with E-state index in [1.807, 2.05) is 78.9 Å². The van der Waals surface area contributed by atoms with Crippen LogP contribution >= 0.6 is 11.8 Å². The molecule has 0 bridgehead atoms. The van der Waals surface area contributed by atoms with Gasteiger partial charge in [0, 0.05) is 17.9 Å². The third-order valence-electron chi connectivity index (χ3n) is 6.30. The van der Waals surface area contributed by atoms with Gasteiger partial charge in [0.2, 0.25) is 5.95 Å². The van der Waals surface area contributed by atoms with Crippen LogP contribution < -0.4 is 10.9 Å². The number of nitrogens with zero attached hydrogens (tertiary/aromatic N) is 4. The Balaban J connectivity index is 1.53. The third kappa shape index (κ3) is 5.06. The first-order valence-electron chi connectivity index (χ1n) is 12.5. The number of rotatable bonds is 8. The molecule has 1 N–H and O–H groups in total. The van der Waals surface area contributed by atoms with E-state index >= 15 is 0 Å². The van der Waals surface area contributed by atoms with E-state index in [1.54, 1.807) is 22.9 Å². The van der Waals surface area contributed by atoms with E-state index in [2.05, 4.69) is 17.4 Å². The van der Waals surface area contributed by atoms with E-state index in [0.29, 0.717) is 39.0 Å². The molecule has 8 heteroatoms. The van der Waals surface area contributed by atoms with Crippen molar-refractivity contribution in [3.8, 4) is 11.4 Å². The van der Waals surface area contributed by atoms with Gasteiger partial charge in [-0.05, 0) is 35.9 Å². The van der Waals surface area contributed by atoms with Crippen molar-refractivity contribution in [1.82, 2.24) is 19.3 Å². The molecule has 2 heterocycles. The molecule has 0 saturated heterocycles. The highest BCUT2D eigenvalue weighted by Gasteiger charge is 2.22. The maximum Gasteiger partial charge on any atom is 0.271 e. The summed E-state index contributed by atoms with van der Waals surface area (Å²) in [5.74, 6) is 0.632. The Bertz CT molecular complexity index is 1790. The molecule has 4 aromatic carbocycles. The molecular formula is C31H24FN5OS. The molecule has 0 fully saturated rings. The molecule has 6 nitrogen and oxygen atoms in total. The van der Waals surface area contributed by atoms with Crippen LogP contribution in [0.4, 0.5) is 10.3 Å². The number of benzene rings is 4. The fourth-order valence-electron chi connectivity index (χ4n) is 4.37. The molecule has 2 aromatic heterocycles. The third-order valence-corrected chi connectivity index (χ3v) is 7.33. The molecule has 192 valence electrons. The SMILES string of the molecule is O=c1c2c(SCc3ccccc3)nn(-c3ccccc3)c2nc(NCc2ccccc2F)n1-c1ccccc1. The molecule has 6 aromatic rings. The minimum atomic E-state index is -0.325. The molecule has 0 radical (unpaired) electrons. The molecule has 39 heavy (non-hydrogen) atoms. The second-order valence-electron chi connectivity index (χ2n) is 8.88. The number of halogens is 1. The molecule has 0 amide bonds. The van der Waals surface area contributed by atoms with Crippen LogP contribution in [0.5, 0.6) is 0 Å². The highest BCUT2D eigenvalue weighted by Crippen LogP contribution is 2.30. The standard InChI is InChI=1S/C31H24FN5OS/c32-26-19-11-10-14-23(26)20-33-31-34-28-27(30(38)36(31)24-15-6-2-7-16-24)29(39-21-22-12-4-1-5-13-22)35-37(28)25-17-8-3-9-18-25/h1-19H,20-21H2,(H,33,34). The fourth-order valence-corrected chi connectivity index (χ4v) is 5.32. The Labute approximate surface area is 228 Å². The lowest BCUT2D eigenvalue weighted by Crippen LogP contribution is -2.24. The Morgan fingerprint density at radius 1 is 0.769 bits per heavy atom. The van der Waals surface area contributed by atoms with E-state index in [4.69, 9.17) is 10.1 Å². The normalized spacial score (nSPS) is 11.1. The van der Waals surface area contributed by atoms with E-state index in [-0.39, 0.29) is 17.9 Å². The zero-order valence-corrected chi connectivity index (χ0v) is 21.7. The van der Waals surface area contributed by atoms with Gasteiger partial charge in [-0.15, -0.1) is 0 Å². The second kappa shape index (κ2) is 11.0. The van der Waals surface area contributed by atoms with Crippen molar-refractivity contribution in [2.24, 2.45) is 0 Å². The molecule has 0 spiro atoms. The van der Waals surface area contributed by atoms with Crippen molar-refractivity contribution in [3.05, 3.63) is 143 Å². The Hall–Kier alpha value is -4.69. The number of fused-ring (bicyclic) bond motifs is 1. The average molecular weight is 534 g/mol. The van der Waals surface area contributed by atoms with Crippen LogP contribution in [0.2, 0.25) is 0 Å². The number of nitrogens with one attached hydrogen (secondary N) is 1. The summed E-state index contributed by atoms with van der Waals surface area (Å²) >= 11 is 1.50. The molecule has 0 atom stereocenters. The van der Waals surface area contributed by atoms with Crippen molar-refractivity contribution in [2.45, 2.75) is 17.3 Å². The summed E-state index contributed by atoms with van der Waals surface area (Å²) in [7, 11) is 0. The lowest BCUT2D eigenvalue weighted by Gasteiger charge is -2.15. The van der Waals surface area contributed by atoms with Gasteiger partial charge in [0.05, 0.1) is 11.4 Å². The van der Waals surface area contributed by atoms with Crippen molar-refractivity contribution < 1.29 is 4.39 Å². The first kappa shape index (κ1) is 24.6. The van der Waals surface area contributed by atoms with Crippen molar-refractivity contribution >= 4 is 28.7 Å². The summed E-state index contributed by atoms with van der Waals surface area (Å²) in [6, 6.07) is 35.6. The first-order valence-corrected chi connectivity index (χ1v) is 13.5. The Morgan fingerprint density at radius 2 is 1.38 bits per heavy atom. The van der Waals surface area contributed by atoms with Crippen LogP contribution in [-0.4, -0.2) is 19.3 Å². The number of hydrogen-bond donors (Lipinski definition) is 1. The maximum absolute atomic E-state index is 14.4. The van der Waals surface area contributed by atoms with Gasteiger partial charge in [-0.1, -0.05) is 96.7 Å². The largest absolute Gasteiger partial charge is 0.351 e. The number of thioether (sulfide) groups is 1. The second-order valence-corrected chi connectivity index (χ2v) is 9.85. The van der Waals surface area contributed by atoms with Crippen LogP contribution in [0.1, 0.15) is 11.1 Å². The summed E-state index contributed by atoms with van der Waals surface area (Å²) < 4.78 is 17.7. The summed E-state index contributed by atoms with van der Waals surface area (Å²) in [5, 5.41) is 9.10. The minimum absolute atomic E-state index is 0.159. The lowest BCUT2D eigenvalue weighted by atomic mass is 10.2. The van der Waals surface area contributed by atoms with Crippen molar-refractivity contribution in [2.75, 3.05) is 5.32 Å². The first-order chi connectivity index (χ1) is 19.2. The number of para-hydroxylation sites is 2. The number of hydrogen-bond acceptors (Lipinski definition) is 5. The van der Waals surface area contributed by atoms with E-state index in [0.717, 1.165) is 11.3 Å². The van der Waals surface area contributed by atoms with E-state index in [9.17, 15) is 9.18 Å². The molecular weight excluding hydrogens is 509 g/mol. The summed E-state index contributed by atoms with van der Waals surface area (Å²) in [6.45, 7) is 0.159. The Morgan fingerprint density at radius 3 is 2.08 bits per heavy atom. The lowest BCUT2D eigenvalue weighted by molar-refractivity contribution is 0.612. The smallest absolute Gasteiger partial charge is 0.271 e. The molecule has 0 aliphatic rings. The van der Waals surface area contributed by atoms with Crippen LogP contribution in [0.3, 0.4) is 0 Å². The highest BCUT2D eigenvalue weighted by molar-refractivity contribution is 7.98. The maximum atomic E-state index is 14.4. The fraction of sp³-hybridized carbons (Fsp3) is 0.0645. The number of aromatic nitrogens is 4. The van der Waals surface area contributed by atoms with Crippen LogP contribution in [0.15, 0.2) is 125 Å². The van der Waals surface area contributed by atoms with Gasteiger partial charge < -0.3 is 5.32 Å². The van der Waals surface area contributed by atoms with Crippen molar-refractivity contribution in [3.63, 3.8) is 0 Å². The minimum Gasteiger partial charge on any atom is -0.351 e. The summed E-state index contributed by atoms with van der Waals surface area (Å²) in [5.41, 5.74) is 3.23. The van der Waals surface area contributed by atoms with Crippen LogP contribution in [0.25, 0.3) is 22.4 Å². The highest BCUT2D eigenvalue weighted by atomic mass is 32.2. The molecule has 0 aliphatic heterocycles. The van der Waals surface area contributed by atoms with Gasteiger partial charge in [-0.3, -0.25) is 4.79 Å².